The van der Waals surface area contributed by atoms with Crippen LogP contribution >= 0.6 is 23.4 Å². The largest absolute Gasteiger partial charge is 0.450 e. The predicted molar refractivity (Wildman–Crippen MR) is 139 cm³/mol. The third-order valence-corrected chi connectivity index (χ3v) is 6.18. The Morgan fingerprint density at radius 1 is 1.03 bits per heavy atom. The summed E-state index contributed by atoms with van der Waals surface area (Å²) < 4.78 is 5.51. The molecule has 12 nitrogen and oxygen atoms in total. The molecule has 0 radical (unpaired) electrons. The fraction of sp³-hybridized carbons (Fsp3) is 0.0417. The first-order chi connectivity index (χ1) is 18.1. The van der Waals surface area contributed by atoms with Gasteiger partial charge in [0.15, 0.2) is 0 Å². The maximum atomic E-state index is 12.7. The van der Waals surface area contributed by atoms with Crippen LogP contribution in [0.5, 0.6) is 11.5 Å². The molecule has 38 heavy (non-hydrogen) atoms. The van der Waals surface area contributed by atoms with E-state index in [0.29, 0.717) is 28.0 Å². The van der Waals surface area contributed by atoms with Gasteiger partial charge in [-0.05, 0) is 59.8 Å². The van der Waals surface area contributed by atoms with Crippen LogP contribution in [0.3, 0.4) is 0 Å². The fourth-order valence-electron chi connectivity index (χ4n) is 3.31. The van der Waals surface area contributed by atoms with Crippen molar-refractivity contribution < 1.29 is 29.0 Å². The molecule has 1 saturated heterocycles. The molecule has 3 aromatic carbocycles. The lowest BCUT2D eigenvalue weighted by molar-refractivity contribution is -0.394. The number of anilines is 1. The van der Waals surface area contributed by atoms with Crippen molar-refractivity contribution in [2.75, 3.05) is 11.9 Å². The summed E-state index contributed by atoms with van der Waals surface area (Å²) in [4.78, 5) is 59.0. The molecular weight excluding hydrogens is 540 g/mol. The first-order valence-electron chi connectivity index (χ1n) is 10.6. The Kier molecular flexibility index (Phi) is 7.69. The second-order valence-corrected chi connectivity index (χ2v) is 9.09. The summed E-state index contributed by atoms with van der Waals surface area (Å²) >= 11 is 6.57. The average molecular weight is 555 g/mol. The summed E-state index contributed by atoms with van der Waals surface area (Å²) in [6, 6.07) is 15.5. The normalized spacial score (nSPS) is 14.0. The monoisotopic (exact) mass is 554 g/mol. The zero-order valence-corrected chi connectivity index (χ0v) is 20.6. The minimum atomic E-state index is -0.790. The van der Waals surface area contributed by atoms with Crippen molar-refractivity contribution in [3.05, 3.63) is 102 Å². The Hall–Kier alpha value is -4.75. The lowest BCUT2D eigenvalue weighted by Gasteiger charge is -2.12. The van der Waals surface area contributed by atoms with Gasteiger partial charge in [-0.1, -0.05) is 29.8 Å². The first kappa shape index (κ1) is 26.3. The summed E-state index contributed by atoms with van der Waals surface area (Å²) in [5.74, 6) is -1.20. The van der Waals surface area contributed by atoms with Gasteiger partial charge in [-0.15, -0.1) is 0 Å². The lowest BCUT2D eigenvalue weighted by Crippen LogP contribution is -2.36. The molecule has 1 aliphatic heterocycles. The number of carbonyl (C=O) groups is 3. The molecule has 4 rings (SSSR count). The van der Waals surface area contributed by atoms with Gasteiger partial charge in [0.2, 0.25) is 11.7 Å². The van der Waals surface area contributed by atoms with Gasteiger partial charge < -0.3 is 10.1 Å². The summed E-state index contributed by atoms with van der Waals surface area (Å²) in [5, 5.41) is 24.6. The van der Waals surface area contributed by atoms with E-state index in [-0.39, 0.29) is 16.4 Å². The van der Waals surface area contributed by atoms with Crippen LogP contribution in [0, 0.1) is 20.2 Å². The van der Waals surface area contributed by atoms with E-state index in [0.717, 1.165) is 23.1 Å². The highest BCUT2D eigenvalue weighted by molar-refractivity contribution is 8.18. The van der Waals surface area contributed by atoms with E-state index in [1.54, 1.807) is 30.3 Å². The number of non-ortho nitro benzene ring substituents is 1. The Labute approximate surface area is 223 Å². The van der Waals surface area contributed by atoms with Crippen LogP contribution in [0.25, 0.3) is 6.08 Å². The number of ether oxygens (including phenoxy) is 1. The molecule has 0 spiro atoms. The fourth-order valence-corrected chi connectivity index (χ4v) is 4.33. The number of nitro groups is 2. The molecule has 1 fully saturated rings. The van der Waals surface area contributed by atoms with Crippen molar-refractivity contribution in [2.45, 2.75) is 0 Å². The molecule has 0 aliphatic carbocycles. The van der Waals surface area contributed by atoms with Crippen molar-refractivity contribution in [1.82, 2.24) is 4.90 Å². The highest BCUT2D eigenvalue weighted by Gasteiger charge is 2.36. The van der Waals surface area contributed by atoms with Crippen LogP contribution in [-0.4, -0.2) is 38.3 Å². The topological polar surface area (TPSA) is 162 Å². The number of nitro benzene ring substituents is 2. The van der Waals surface area contributed by atoms with E-state index < -0.39 is 44.8 Å². The second-order valence-electron chi connectivity index (χ2n) is 7.66. The summed E-state index contributed by atoms with van der Waals surface area (Å²) in [5.41, 5.74) is -0.0811. The van der Waals surface area contributed by atoms with Crippen molar-refractivity contribution in [3.63, 3.8) is 0 Å². The van der Waals surface area contributed by atoms with Crippen molar-refractivity contribution in [1.29, 1.82) is 0 Å². The number of carbonyl (C=O) groups excluding carboxylic acids is 3. The van der Waals surface area contributed by atoms with Crippen molar-refractivity contribution in [3.8, 4) is 11.5 Å². The number of hydrogen-bond acceptors (Lipinski definition) is 9. The minimum Gasteiger partial charge on any atom is -0.450 e. The molecular formula is C24H15ClN4O8S. The summed E-state index contributed by atoms with van der Waals surface area (Å²) in [6.07, 6.45) is 1.46. The highest BCUT2D eigenvalue weighted by Crippen LogP contribution is 2.35. The van der Waals surface area contributed by atoms with Crippen molar-refractivity contribution >= 4 is 63.6 Å². The van der Waals surface area contributed by atoms with E-state index in [1.165, 1.54) is 24.3 Å². The number of amides is 3. The smallest absolute Gasteiger partial charge is 0.318 e. The summed E-state index contributed by atoms with van der Waals surface area (Å²) in [6.45, 7) is -0.477. The van der Waals surface area contributed by atoms with Gasteiger partial charge >= 0.3 is 5.69 Å². The molecule has 1 aliphatic rings. The van der Waals surface area contributed by atoms with Gasteiger partial charge in [-0.2, -0.15) is 0 Å². The molecule has 0 aromatic heterocycles. The number of thioether (sulfide) groups is 1. The number of hydrogen-bond donors (Lipinski definition) is 1. The second kappa shape index (κ2) is 11.1. The maximum absolute atomic E-state index is 12.7. The van der Waals surface area contributed by atoms with E-state index in [2.05, 4.69) is 5.32 Å². The van der Waals surface area contributed by atoms with E-state index >= 15 is 0 Å². The standard InChI is InChI=1S/C24H15ClN4O8S/c25-15-2-1-3-16(11-15)26-22(30)13-27-23(31)21(38-24(27)32)10-14-4-7-18(8-5-14)37-20-9-6-17(28(33)34)12-19(20)29(35)36/h1-12H,13H2,(H,26,30)/b21-10+. The molecule has 3 amide bonds. The quantitative estimate of drug-likeness (QED) is 0.211. The van der Waals surface area contributed by atoms with Crippen LogP contribution in [0.4, 0.5) is 21.9 Å². The van der Waals surface area contributed by atoms with Gasteiger partial charge in [-0.25, -0.2) is 0 Å². The van der Waals surface area contributed by atoms with Gasteiger partial charge in [0, 0.05) is 16.8 Å². The average Bonchev–Trinajstić information content (AvgIpc) is 3.12. The third kappa shape index (κ3) is 6.14. The minimum absolute atomic E-state index is 0.102. The molecule has 0 bridgehead atoms. The molecule has 0 saturated carbocycles. The molecule has 14 heteroatoms. The summed E-state index contributed by atoms with van der Waals surface area (Å²) in [7, 11) is 0. The van der Waals surface area contributed by atoms with E-state index in [4.69, 9.17) is 16.3 Å². The zero-order valence-electron chi connectivity index (χ0n) is 19.0. The predicted octanol–water partition coefficient (Wildman–Crippen LogP) is 5.62. The molecule has 0 unspecified atom stereocenters. The van der Waals surface area contributed by atoms with Gasteiger partial charge in [0.1, 0.15) is 12.3 Å². The number of benzene rings is 3. The van der Waals surface area contributed by atoms with Gasteiger partial charge in [-0.3, -0.25) is 39.5 Å². The number of rotatable bonds is 8. The van der Waals surface area contributed by atoms with Crippen LogP contribution in [-0.2, 0) is 9.59 Å². The number of nitrogens with zero attached hydrogens (tertiary/aromatic N) is 3. The Balaban J connectivity index is 1.43. The van der Waals surface area contributed by atoms with Crippen LogP contribution in [0.1, 0.15) is 5.56 Å². The third-order valence-electron chi connectivity index (χ3n) is 5.04. The molecule has 1 heterocycles. The lowest BCUT2D eigenvalue weighted by atomic mass is 10.2. The number of halogens is 1. The van der Waals surface area contributed by atoms with Gasteiger partial charge in [0.25, 0.3) is 16.8 Å². The Morgan fingerprint density at radius 3 is 2.42 bits per heavy atom. The number of nitrogens with one attached hydrogen (secondary N) is 1. The first-order valence-corrected chi connectivity index (χ1v) is 11.8. The number of imide groups is 1. The molecule has 1 N–H and O–H groups in total. The molecule has 3 aromatic rings. The van der Waals surface area contributed by atoms with Crippen LogP contribution < -0.4 is 10.1 Å². The highest BCUT2D eigenvalue weighted by atomic mass is 35.5. The van der Waals surface area contributed by atoms with Crippen LogP contribution in [0.15, 0.2) is 71.6 Å². The van der Waals surface area contributed by atoms with Gasteiger partial charge in [0.05, 0.1) is 20.8 Å². The van der Waals surface area contributed by atoms with E-state index in [1.807, 2.05) is 0 Å². The maximum Gasteiger partial charge on any atom is 0.318 e. The van der Waals surface area contributed by atoms with Crippen molar-refractivity contribution in [2.24, 2.45) is 0 Å². The molecule has 192 valence electrons. The SMILES string of the molecule is O=C(CN1C(=O)S/C(=C/c2ccc(Oc3ccc([N+](=O)[O-])cc3[N+](=O)[O-])cc2)C1=O)Nc1cccc(Cl)c1. The van der Waals surface area contributed by atoms with E-state index in [9.17, 15) is 34.6 Å². The Morgan fingerprint density at radius 2 is 1.76 bits per heavy atom. The Bertz CT molecular complexity index is 1510. The van der Waals surface area contributed by atoms with Crippen LogP contribution in [0.2, 0.25) is 5.02 Å². The molecule has 0 atom stereocenters. The zero-order chi connectivity index (χ0) is 27.4.